The number of ether oxygens (including phenoxy) is 2. The zero-order valence-electron chi connectivity index (χ0n) is 15.0. The van der Waals surface area contributed by atoms with E-state index < -0.39 is 0 Å². The van der Waals surface area contributed by atoms with E-state index in [9.17, 15) is 4.79 Å². The van der Waals surface area contributed by atoms with Gasteiger partial charge in [-0.3, -0.25) is 4.79 Å². The van der Waals surface area contributed by atoms with Crippen molar-refractivity contribution in [3.63, 3.8) is 0 Å². The van der Waals surface area contributed by atoms with E-state index in [1.807, 2.05) is 12.1 Å². The van der Waals surface area contributed by atoms with Gasteiger partial charge in [0, 0.05) is 24.7 Å². The minimum atomic E-state index is -0.306. The molecule has 0 aliphatic carbocycles. The lowest BCUT2D eigenvalue weighted by Crippen LogP contribution is -2.37. The highest BCUT2D eigenvalue weighted by Crippen LogP contribution is 2.28. The number of carbonyl (C=O) groups excluding carboxylic acids is 1. The van der Waals surface area contributed by atoms with Crippen LogP contribution in [0.1, 0.15) is 16.2 Å². The maximum atomic E-state index is 12.5. The first kappa shape index (κ1) is 17.3. The Hall–Kier alpha value is -3.13. The third kappa shape index (κ3) is 3.70. The number of amides is 1. The van der Waals surface area contributed by atoms with Crippen LogP contribution in [0.15, 0.2) is 40.9 Å². The molecule has 0 spiro atoms. The van der Waals surface area contributed by atoms with Crippen molar-refractivity contribution in [2.75, 3.05) is 38.3 Å². The number of rotatable bonds is 5. The Morgan fingerprint density at radius 1 is 1.30 bits per heavy atom. The average Bonchev–Trinajstić information content (AvgIpc) is 3.17. The first-order valence-corrected chi connectivity index (χ1v) is 8.74. The van der Waals surface area contributed by atoms with Gasteiger partial charge in [-0.2, -0.15) is 0 Å². The summed E-state index contributed by atoms with van der Waals surface area (Å²) < 4.78 is 16.3. The zero-order chi connectivity index (χ0) is 18.6. The molecule has 1 aliphatic rings. The molecule has 1 saturated heterocycles. The molecule has 8 heteroatoms. The predicted octanol–water partition coefficient (Wildman–Crippen LogP) is 2.00. The molecular formula is C19H20N4O4. The van der Waals surface area contributed by atoms with Crippen molar-refractivity contribution in [2.24, 2.45) is 0 Å². The number of fused-ring (bicyclic) bond motifs is 1. The van der Waals surface area contributed by atoms with Gasteiger partial charge in [-0.1, -0.05) is 12.1 Å². The van der Waals surface area contributed by atoms with Gasteiger partial charge in [0.1, 0.15) is 0 Å². The maximum absolute atomic E-state index is 12.5. The SMILES string of the molecule is COc1cccc2cc(C(=O)NCc3ccnc(N4CCOCC4)n3)oc12. The Morgan fingerprint density at radius 2 is 2.15 bits per heavy atom. The Bertz CT molecular complexity index is 950. The van der Waals surface area contributed by atoms with Crippen LogP contribution in [0, 0.1) is 0 Å². The van der Waals surface area contributed by atoms with E-state index in [4.69, 9.17) is 13.9 Å². The summed E-state index contributed by atoms with van der Waals surface area (Å²) in [7, 11) is 1.57. The van der Waals surface area contributed by atoms with Crippen LogP contribution in [-0.2, 0) is 11.3 Å². The summed E-state index contributed by atoms with van der Waals surface area (Å²) in [6.07, 6.45) is 1.70. The largest absolute Gasteiger partial charge is 0.493 e. The number of furan rings is 1. The standard InChI is InChI=1S/C19H20N4O4/c1-25-15-4-2-3-13-11-16(27-17(13)15)18(24)21-12-14-5-6-20-19(22-14)23-7-9-26-10-8-23/h2-6,11H,7-10,12H2,1H3,(H,21,24). The molecular weight excluding hydrogens is 348 g/mol. The fourth-order valence-electron chi connectivity index (χ4n) is 2.97. The molecule has 0 radical (unpaired) electrons. The number of hydrogen-bond acceptors (Lipinski definition) is 7. The quantitative estimate of drug-likeness (QED) is 0.737. The molecule has 1 aliphatic heterocycles. The van der Waals surface area contributed by atoms with E-state index in [1.54, 1.807) is 31.5 Å². The maximum Gasteiger partial charge on any atom is 0.287 e. The lowest BCUT2D eigenvalue weighted by atomic mass is 10.2. The van der Waals surface area contributed by atoms with E-state index >= 15 is 0 Å². The summed E-state index contributed by atoms with van der Waals surface area (Å²) >= 11 is 0. The number of carbonyl (C=O) groups is 1. The predicted molar refractivity (Wildman–Crippen MR) is 99.0 cm³/mol. The van der Waals surface area contributed by atoms with Crippen LogP contribution < -0.4 is 15.0 Å². The van der Waals surface area contributed by atoms with Crippen molar-refractivity contribution in [2.45, 2.75) is 6.54 Å². The molecule has 0 atom stereocenters. The highest BCUT2D eigenvalue weighted by atomic mass is 16.5. The number of morpholine rings is 1. The van der Waals surface area contributed by atoms with Crippen LogP contribution in [0.3, 0.4) is 0 Å². The topological polar surface area (TPSA) is 89.7 Å². The van der Waals surface area contributed by atoms with Gasteiger partial charge in [-0.25, -0.2) is 9.97 Å². The highest BCUT2D eigenvalue weighted by Gasteiger charge is 2.16. The van der Waals surface area contributed by atoms with Gasteiger partial charge in [-0.05, 0) is 18.2 Å². The third-order valence-electron chi connectivity index (χ3n) is 4.38. The molecule has 4 rings (SSSR count). The number of nitrogens with one attached hydrogen (secondary N) is 1. The van der Waals surface area contributed by atoms with E-state index in [2.05, 4.69) is 20.2 Å². The summed E-state index contributed by atoms with van der Waals surface area (Å²) in [6, 6.07) is 9.00. The number of benzene rings is 1. The minimum absolute atomic E-state index is 0.233. The number of para-hydroxylation sites is 1. The van der Waals surface area contributed by atoms with Crippen LogP contribution in [-0.4, -0.2) is 49.3 Å². The van der Waals surface area contributed by atoms with Crippen molar-refractivity contribution < 1.29 is 18.7 Å². The van der Waals surface area contributed by atoms with E-state index in [0.717, 1.165) is 24.2 Å². The summed E-state index contributed by atoms with van der Waals surface area (Å²) in [5.74, 6) is 1.17. The molecule has 3 heterocycles. The van der Waals surface area contributed by atoms with Gasteiger partial charge in [0.25, 0.3) is 5.91 Å². The first-order chi connectivity index (χ1) is 13.2. The molecule has 1 aromatic carbocycles. The van der Waals surface area contributed by atoms with Gasteiger partial charge in [-0.15, -0.1) is 0 Å². The van der Waals surface area contributed by atoms with Gasteiger partial charge in [0.2, 0.25) is 5.95 Å². The second-order valence-corrected chi connectivity index (χ2v) is 6.12. The normalized spacial score (nSPS) is 14.3. The number of aromatic nitrogens is 2. The van der Waals surface area contributed by atoms with Crippen LogP contribution >= 0.6 is 0 Å². The fourth-order valence-corrected chi connectivity index (χ4v) is 2.97. The van der Waals surface area contributed by atoms with Crippen LogP contribution in [0.25, 0.3) is 11.0 Å². The Kier molecular flexibility index (Phi) is 4.88. The average molecular weight is 368 g/mol. The lowest BCUT2D eigenvalue weighted by Gasteiger charge is -2.26. The third-order valence-corrected chi connectivity index (χ3v) is 4.38. The van der Waals surface area contributed by atoms with E-state index in [-0.39, 0.29) is 18.2 Å². The molecule has 1 amide bonds. The Morgan fingerprint density at radius 3 is 2.96 bits per heavy atom. The molecule has 0 unspecified atom stereocenters. The van der Waals surface area contributed by atoms with Crippen molar-refractivity contribution in [3.05, 3.63) is 48.0 Å². The smallest absolute Gasteiger partial charge is 0.287 e. The summed E-state index contributed by atoms with van der Waals surface area (Å²) in [6.45, 7) is 3.14. The van der Waals surface area contributed by atoms with Gasteiger partial charge in [0.05, 0.1) is 32.6 Å². The minimum Gasteiger partial charge on any atom is -0.493 e. The number of nitrogens with zero attached hydrogens (tertiary/aromatic N) is 3. The lowest BCUT2D eigenvalue weighted by molar-refractivity contribution is 0.0924. The summed E-state index contributed by atoms with van der Waals surface area (Å²) in [4.78, 5) is 23.4. The van der Waals surface area contributed by atoms with Gasteiger partial charge < -0.3 is 24.1 Å². The second-order valence-electron chi connectivity index (χ2n) is 6.12. The number of hydrogen-bond donors (Lipinski definition) is 1. The molecule has 2 aromatic heterocycles. The fraction of sp³-hybridized carbons (Fsp3) is 0.316. The van der Waals surface area contributed by atoms with Crippen molar-refractivity contribution >= 4 is 22.8 Å². The molecule has 27 heavy (non-hydrogen) atoms. The van der Waals surface area contributed by atoms with Crippen LogP contribution in [0.5, 0.6) is 5.75 Å². The first-order valence-electron chi connectivity index (χ1n) is 8.74. The number of methoxy groups -OCH3 is 1. The monoisotopic (exact) mass is 368 g/mol. The van der Waals surface area contributed by atoms with Crippen LogP contribution in [0.2, 0.25) is 0 Å². The second kappa shape index (κ2) is 7.63. The molecule has 1 fully saturated rings. The molecule has 1 N–H and O–H groups in total. The Balaban J connectivity index is 1.45. The molecule has 0 saturated carbocycles. The van der Waals surface area contributed by atoms with Gasteiger partial charge >= 0.3 is 0 Å². The van der Waals surface area contributed by atoms with Crippen molar-refractivity contribution in [1.29, 1.82) is 0 Å². The highest BCUT2D eigenvalue weighted by molar-refractivity contribution is 5.97. The molecule has 3 aromatic rings. The van der Waals surface area contributed by atoms with E-state index in [0.29, 0.717) is 30.5 Å². The number of anilines is 1. The van der Waals surface area contributed by atoms with Crippen molar-refractivity contribution in [1.82, 2.24) is 15.3 Å². The Labute approximate surface area is 156 Å². The van der Waals surface area contributed by atoms with Crippen molar-refractivity contribution in [3.8, 4) is 5.75 Å². The summed E-state index contributed by atoms with van der Waals surface area (Å²) in [5, 5.41) is 3.65. The van der Waals surface area contributed by atoms with Gasteiger partial charge in [0.15, 0.2) is 17.1 Å². The molecule has 8 nitrogen and oxygen atoms in total. The van der Waals surface area contributed by atoms with E-state index in [1.165, 1.54) is 0 Å². The zero-order valence-corrected chi connectivity index (χ0v) is 15.0. The molecule has 0 bridgehead atoms. The summed E-state index contributed by atoms with van der Waals surface area (Å²) in [5.41, 5.74) is 1.29. The molecule has 140 valence electrons. The van der Waals surface area contributed by atoms with Crippen LogP contribution in [0.4, 0.5) is 5.95 Å².